The van der Waals surface area contributed by atoms with E-state index < -0.39 is 5.82 Å². The average molecular weight is 599 g/mol. The number of nitriles is 1. The van der Waals surface area contributed by atoms with Crippen LogP contribution in [0.4, 0.5) is 4.39 Å². The normalized spacial score (nSPS) is 11.0. The van der Waals surface area contributed by atoms with E-state index in [1.54, 1.807) is 32.4 Å². The minimum atomic E-state index is -0.487. The number of pyridine rings is 1. The van der Waals surface area contributed by atoms with E-state index in [1.807, 2.05) is 60.7 Å². The second-order valence-corrected chi connectivity index (χ2v) is 10.5. The Morgan fingerprint density at radius 3 is 2.49 bits per heavy atom. The van der Waals surface area contributed by atoms with Crippen molar-refractivity contribution in [3.05, 3.63) is 131 Å². The number of benzene rings is 4. The van der Waals surface area contributed by atoms with E-state index >= 15 is 0 Å². The Morgan fingerprint density at radius 1 is 0.822 bits per heavy atom. The first-order chi connectivity index (χ1) is 22.1. The molecule has 0 saturated carbocycles. The number of para-hydroxylation sites is 2. The predicted octanol–water partition coefficient (Wildman–Crippen LogP) is 7.60. The Bertz CT molecular complexity index is 2010. The summed E-state index contributed by atoms with van der Waals surface area (Å²) >= 11 is 0. The van der Waals surface area contributed by atoms with Crippen molar-refractivity contribution in [1.29, 1.82) is 5.26 Å². The molecule has 0 amide bonds. The summed E-state index contributed by atoms with van der Waals surface area (Å²) in [6.07, 6.45) is 0.609. The van der Waals surface area contributed by atoms with Crippen LogP contribution in [0.25, 0.3) is 33.4 Å². The van der Waals surface area contributed by atoms with Crippen molar-refractivity contribution in [2.45, 2.75) is 19.6 Å². The Labute approximate surface area is 261 Å². The summed E-state index contributed by atoms with van der Waals surface area (Å²) in [5.41, 5.74) is 7.40. The van der Waals surface area contributed by atoms with E-state index in [-0.39, 0.29) is 12.2 Å². The minimum absolute atomic E-state index is 0.00787. The third-order valence-electron chi connectivity index (χ3n) is 7.67. The maximum Gasteiger partial charge on any atom is 0.214 e. The molecule has 7 nitrogen and oxygen atoms in total. The molecule has 45 heavy (non-hydrogen) atoms. The summed E-state index contributed by atoms with van der Waals surface area (Å²) in [4.78, 5) is 9.72. The summed E-state index contributed by atoms with van der Waals surface area (Å²) in [5, 5.41) is 9.01. The van der Waals surface area contributed by atoms with Gasteiger partial charge in [-0.05, 0) is 65.2 Å². The zero-order chi connectivity index (χ0) is 31.2. The third-order valence-corrected chi connectivity index (χ3v) is 7.67. The van der Waals surface area contributed by atoms with Crippen LogP contribution >= 0.6 is 0 Å². The molecule has 2 heterocycles. The number of methoxy groups -OCH3 is 2. The predicted molar refractivity (Wildman–Crippen MR) is 172 cm³/mol. The molecule has 0 fully saturated rings. The Morgan fingerprint density at radius 2 is 1.67 bits per heavy atom. The van der Waals surface area contributed by atoms with Gasteiger partial charge in [0.05, 0.1) is 42.1 Å². The molecular formula is C37H31FN4O3. The lowest BCUT2D eigenvalue weighted by Crippen LogP contribution is -2.09. The van der Waals surface area contributed by atoms with Gasteiger partial charge in [-0.15, -0.1) is 0 Å². The number of rotatable bonds is 11. The van der Waals surface area contributed by atoms with Crippen molar-refractivity contribution in [1.82, 2.24) is 14.5 Å². The number of fused-ring (bicyclic) bond motifs is 1. The molecule has 0 saturated heterocycles. The van der Waals surface area contributed by atoms with Crippen LogP contribution in [0.1, 0.15) is 22.5 Å². The molecule has 6 aromatic rings. The number of hydrogen-bond donors (Lipinski definition) is 0. The topological polar surface area (TPSA) is 82.2 Å². The highest BCUT2D eigenvalue weighted by Gasteiger charge is 2.16. The van der Waals surface area contributed by atoms with E-state index in [2.05, 4.69) is 28.8 Å². The number of ether oxygens (including phenoxy) is 3. The minimum Gasteiger partial charge on any atom is -0.497 e. The molecule has 0 spiro atoms. The molecule has 0 aliphatic rings. The zero-order valence-electron chi connectivity index (χ0n) is 25.0. The van der Waals surface area contributed by atoms with E-state index in [4.69, 9.17) is 29.4 Å². The highest BCUT2D eigenvalue weighted by molar-refractivity contribution is 5.78. The van der Waals surface area contributed by atoms with Crippen LogP contribution in [0.5, 0.6) is 11.6 Å². The molecule has 0 N–H and O–H groups in total. The second-order valence-electron chi connectivity index (χ2n) is 10.5. The first-order valence-corrected chi connectivity index (χ1v) is 14.6. The number of aromatic nitrogens is 3. The summed E-state index contributed by atoms with van der Waals surface area (Å²) < 4.78 is 33.5. The standard InChI is InChI=1S/C37H31FN4O3/c1-43-18-17-42-35-11-4-3-9-34(35)40-36(42)22-27-15-16-28(21-31(27)26-7-5-8-30(20-26)44-2)33-10-6-12-37(41-33)45-24-29-14-13-25(23-39)19-32(29)38/h3-16,19-21H,17-18,22,24H2,1-2H3. The van der Waals surface area contributed by atoms with Gasteiger partial charge in [0.15, 0.2) is 0 Å². The molecule has 0 radical (unpaired) electrons. The van der Waals surface area contributed by atoms with E-state index in [0.717, 1.165) is 50.6 Å². The molecule has 0 aliphatic carbocycles. The van der Waals surface area contributed by atoms with Crippen molar-refractivity contribution in [2.75, 3.05) is 20.8 Å². The van der Waals surface area contributed by atoms with Gasteiger partial charge in [0, 0.05) is 37.3 Å². The molecule has 8 heteroatoms. The van der Waals surface area contributed by atoms with Gasteiger partial charge in [-0.25, -0.2) is 14.4 Å². The summed E-state index contributed by atoms with van der Waals surface area (Å²) in [7, 11) is 3.37. The molecule has 4 aromatic carbocycles. The number of nitrogens with zero attached hydrogens (tertiary/aromatic N) is 4. The van der Waals surface area contributed by atoms with Gasteiger partial charge in [0.2, 0.25) is 5.88 Å². The molecule has 2 aromatic heterocycles. The Kier molecular flexibility index (Phi) is 8.81. The molecule has 0 aliphatic heterocycles. The SMILES string of the molecule is COCCn1c(Cc2ccc(-c3cccc(OCc4ccc(C#N)cc4F)n3)cc2-c2cccc(OC)c2)nc2ccccc21. The second kappa shape index (κ2) is 13.4. The number of imidazole rings is 1. The van der Waals surface area contributed by atoms with Crippen LogP contribution in [0.3, 0.4) is 0 Å². The molecule has 0 atom stereocenters. The van der Waals surface area contributed by atoms with E-state index in [1.165, 1.54) is 6.07 Å². The average Bonchev–Trinajstić information content (AvgIpc) is 3.43. The van der Waals surface area contributed by atoms with Gasteiger partial charge in [-0.2, -0.15) is 5.26 Å². The molecule has 0 unspecified atom stereocenters. The Hall–Kier alpha value is -5.52. The van der Waals surface area contributed by atoms with Crippen LogP contribution in [0, 0.1) is 17.1 Å². The lowest BCUT2D eigenvalue weighted by Gasteiger charge is -2.15. The van der Waals surface area contributed by atoms with Crippen LogP contribution in [-0.2, 0) is 24.3 Å². The van der Waals surface area contributed by atoms with Crippen molar-refractivity contribution < 1.29 is 18.6 Å². The fourth-order valence-corrected chi connectivity index (χ4v) is 5.35. The number of halogens is 1. The largest absolute Gasteiger partial charge is 0.497 e. The summed E-state index contributed by atoms with van der Waals surface area (Å²) in [6, 6.07) is 34.2. The van der Waals surface area contributed by atoms with Gasteiger partial charge in [0.25, 0.3) is 0 Å². The van der Waals surface area contributed by atoms with Gasteiger partial charge in [-0.3, -0.25) is 0 Å². The summed E-state index contributed by atoms with van der Waals surface area (Å²) in [6.45, 7) is 1.27. The van der Waals surface area contributed by atoms with Gasteiger partial charge < -0.3 is 18.8 Å². The Balaban J connectivity index is 1.35. The first kappa shape index (κ1) is 29.5. The number of hydrogen-bond acceptors (Lipinski definition) is 6. The van der Waals surface area contributed by atoms with Crippen molar-refractivity contribution in [3.63, 3.8) is 0 Å². The highest BCUT2D eigenvalue weighted by atomic mass is 19.1. The molecular weight excluding hydrogens is 567 g/mol. The zero-order valence-corrected chi connectivity index (χ0v) is 25.0. The monoisotopic (exact) mass is 598 g/mol. The lowest BCUT2D eigenvalue weighted by molar-refractivity contribution is 0.187. The van der Waals surface area contributed by atoms with Crippen molar-refractivity contribution >= 4 is 11.0 Å². The van der Waals surface area contributed by atoms with Crippen LogP contribution in [0.15, 0.2) is 103 Å². The molecule has 6 rings (SSSR count). The van der Waals surface area contributed by atoms with Crippen LogP contribution in [-0.4, -0.2) is 35.4 Å². The maximum atomic E-state index is 14.4. The maximum absolute atomic E-state index is 14.4. The van der Waals surface area contributed by atoms with Crippen LogP contribution < -0.4 is 9.47 Å². The van der Waals surface area contributed by atoms with Gasteiger partial charge in [-0.1, -0.05) is 48.5 Å². The summed E-state index contributed by atoms with van der Waals surface area (Å²) in [5.74, 6) is 1.60. The van der Waals surface area contributed by atoms with E-state index in [9.17, 15) is 4.39 Å². The van der Waals surface area contributed by atoms with Crippen molar-refractivity contribution in [2.24, 2.45) is 0 Å². The quantitative estimate of drug-likeness (QED) is 0.153. The van der Waals surface area contributed by atoms with Gasteiger partial charge in [0.1, 0.15) is 24.0 Å². The fourth-order valence-electron chi connectivity index (χ4n) is 5.35. The molecule has 0 bridgehead atoms. The van der Waals surface area contributed by atoms with E-state index in [0.29, 0.717) is 31.0 Å². The molecule has 224 valence electrons. The smallest absolute Gasteiger partial charge is 0.214 e. The van der Waals surface area contributed by atoms with Crippen LogP contribution in [0.2, 0.25) is 0 Å². The van der Waals surface area contributed by atoms with Crippen molar-refractivity contribution in [3.8, 4) is 40.1 Å². The first-order valence-electron chi connectivity index (χ1n) is 14.6. The lowest BCUT2D eigenvalue weighted by atomic mass is 9.94. The van der Waals surface area contributed by atoms with Gasteiger partial charge >= 0.3 is 0 Å². The highest BCUT2D eigenvalue weighted by Crippen LogP contribution is 2.33. The third kappa shape index (κ3) is 6.54. The fraction of sp³-hybridized carbons (Fsp3) is 0.162.